The van der Waals surface area contributed by atoms with Crippen LogP contribution in [0.1, 0.15) is 15.2 Å². The van der Waals surface area contributed by atoms with Crippen LogP contribution in [0.5, 0.6) is 0 Å². The Hall–Kier alpha value is -3.40. The van der Waals surface area contributed by atoms with Crippen molar-refractivity contribution < 1.29 is 4.79 Å². The molecule has 0 bridgehead atoms. The number of rotatable bonds is 4. The summed E-state index contributed by atoms with van der Waals surface area (Å²) in [5.41, 5.74) is 2.55. The number of aromatic nitrogens is 6. The maximum absolute atomic E-state index is 12.6. The fraction of sp³-hybridized carbons (Fsp3) is 0.0667. The van der Waals surface area contributed by atoms with Gasteiger partial charge < -0.3 is 5.32 Å². The van der Waals surface area contributed by atoms with E-state index < -0.39 is 0 Å². The average Bonchev–Trinajstić information content (AvgIpc) is 3.27. The Kier molecular flexibility index (Phi) is 3.78. The second-order valence-corrected chi connectivity index (χ2v) is 6.19. The van der Waals surface area contributed by atoms with Crippen molar-refractivity contribution in [3.05, 3.63) is 47.6 Å². The van der Waals surface area contributed by atoms with Gasteiger partial charge in [0.25, 0.3) is 5.91 Å². The van der Waals surface area contributed by atoms with Crippen molar-refractivity contribution in [3.8, 4) is 0 Å². The molecule has 0 saturated heterocycles. The smallest absolute Gasteiger partial charge is 0.267 e. The lowest BCUT2D eigenvalue weighted by Gasteiger charge is -2.08. The molecule has 0 unspecified atom stereocenters. The molecule has 0 aliphatic carbocycles. The molecule has 1 aromatic carbocycles. The average molecular weight is 352 g/mol. The van der Waals surface area contributed by atoms with Gasteiger partial charge in [0.1, 0.15) is 17.5 Å². The van der Waals surface area contributed by atoms with Gasteiger partial charge in [-0.1, -0.05) is 17.4 Å². The van der Waals surface area contributed by atoms with Gasteiger partial charge in [0.05, 0.1) is 23.6 Å². The number of aromatic amines is 1. The summed E-state index contributed by atoms with van der Waals surface area (Å²) >= 11 is 1.21. The first-order valence-electron chi connectivity index (χ1n) is 7.29. The van der Waals surface area contributed by atoms with E-state index in [-0.39, 0.29) is 5.91 Å². The number of hydrogen-bond acceptors (Lipinski definition) is 8. The molecule has 0 aliphatic heterocycles. The Morgan fingerprint density at radius 3 is 2.84 bits per heavy atom. The Morgan fingerprint density at radius 1 is 1.16 bits per heavy atom. The molecule has 3 aromatic heterocycles. The van der Waals surface area contributed by atoms with Gasteiger partial charge in [-0.15, -0.1) is 0 Å². The SMILES string of the molecule is Cc1ccc2[nH]ncc2c1NC(=O)c1cnc(Nc2ncncn2)s1. The van der Waals surface area contributed by atoms with Gasteiger partial charge in [0.2, 0.25) is 5.95 Å². The minimum absolute atomic E-state index is 0.238. The van der Waals surface area contributed by atoms with Crippen LogP contribution in [-0.4, -0.2) is 36.0 Å². The minimum atomic E-state index is -0.238. The van der Waals surface area contributed by atoms with E-state index >= 15 is 0 Å². The van der Waals surface area contributed by atoms with Gasteiger partial charge in [0, 0.05) is 5.39 Å². The van der Waals surface area contributed by atoms with Gasteiger partial charge in [-0.2, -0.15) is 5.10 Å². The summed E-state index contributed by atoms with van der Waals surface area (Å²) in [5.74, 6) is 0.133. The summed E-state index contributed by atoms with van der Waals surface area (Å²) < 4.78 is 0. The van der Waals surface area contributed by atoms with E-state index in [1.54, 1.807) is 6.20 Å². The maximum Gasteiger partial charge on any atom is 0.267 e. The zero-order valence-corrected chi connectivity index (χ0v) is 13.8. The summed E-state index contributed by atoms with van der Waals surface area (Å²) in [7, 11) is 0. The lowest BCUT2D eigenvalue weighted by molar-refractivity contribution is 0.103. The van der Waals surface area contributed by atoms with Crippen molar-refractivity contribution in [1.82, 2.24) is 30.1 Å². The van der Waals surface area contributed by atoms with E-state index in [1.165, 1.54) is 30.2 Å². The van der Waals surface area contributed by atoms with Crippen LogP contribution in [0, 0.1) is 6.92 Å². The van der Waals surface area contributed by atoms with Crippen molar-refractivity contribution in [3.63, 3.8) is 0 Å². The normalized spacial score (nSPS) is 10.8. The zero-order valence-electron chi connectivity index (χ0n) is 13.0. The summed E-state index contributed by atoms with van der Waals surface area (Å²) in [6, 6.07) is 3.85. The number of anilines is 3. The number of fused-ring (bicyclic) bond motifs is 1. The maximum atomic E-state index is 12.6. The number of carbonyl (C=O) groups is 1. The molecule has 0 radical (unpaired) electrons. The Morgan fingerprint density at radius 2 is 2.00 bits per heavy atom. The first kappa shape index (κ1) is 15.1. The lowest BCUT2D eigenvalue weighted by Crippen LogP contribution is -2.11. The van der Waals surface area contributed by atoms with Crippen LogP contribution in [-0.2, 0) is 0 Å². The highest BCUT2D eigenvalue weighted by molar-refractivity contribution is 7.17. The summed E-state index contributed by atoms with van der Waals surface area (Å²) in [6.07, 6.45) is 5.96. The van der Waals surface area contributed by atoms with Crippen molar-refractivity contribution in [2.75, 3.05) is 10.6 Å². The van der Waals surface area contributed by atoms with Crippen LogP contribution in [0.15, 0.2) is 37.2 Å². The molecule has 3 N–H and O–H groups in total. The molecule has 10 heteroatoms. The highest BCUT2D eigenvalue weighted by Crippen LogP contribution is 2.27. The van der Waals surface area contributed by atoms with Crippen LogP contribution in [0.25, 0.3) is 10.9 Å². The number of aryl methyl sites for hydroxylation is 1. The summed E-state index contributed by atoms with van der Waals surface area (Å²) in [4.78, 5) is 28.9. The Bertz CT molecular complexity index is 1040. The number of amides is 1. The molecule has 9 nitrogen and oxygen atoms in total. The first-order chi connectivity index (χ1) is 12.2. The standard InChI is InChI=1S/C15H12N8OS/c1-8-2-3-10-9(4-20-23-10)12(8)21-13(24)11-5-17-15(25-11)22-14-18-6-16-7-19-14/h2-7H,1H3,(H,20,23)(H,21,24)(H,16,17,18,19,22). The lowest BCUT2D eigenvalue weighted by atomic mass is 10.1. The van der Waals surface area contributed by atoms with Crippen LogP contribution >= 0.6 is 11.3 Å². The molecular weight excluding hydrogens is 340 g/mol. The van der Waals surface area contributed by atoms with E-state index in [4.69, 9.17) is 0 Å². The fourth-order valence-corrected chi connectivity index (χ4v) is 3.01. The molecule has 0 aliphatic rings. The van der Waals surface area contributed by atoms with E-state index in [2.05, 4.69) is 40.8 Å². The predicted molar refractivity (Wildman–Crippen MR) is 94.0 cm³/mol. The minimum Gasteiger partial charge on any atom is -0.320 e. The monoisotopic (exact) mass is 352 g/mol. The molecule has 1 amide bonds. The third-order valence-corrected chi connectivity index (χ3v) is 4.42. The largest absolute Gasteiger partial charge is 0.320 e. The molecule has 4 rings (SSSR count). The Labute approximate surface area is 145 Å². The van der Waals surface area contributed by atoms with Gasteiger partial charge in [-0.05, 0) is 18.6 Å². The number of hydrogen-bond donors (Lipinski definition) is 3. The predicted octanol–water partition coefficient (Wildman–Crippen LogP) is 2.51. The first-order valence-corrected chi connectivity index (χ1v) is 8.11. The number of carbonyl (C=O) groups excluding carboxylic acids is 1. The Balaban J connectivity index is 1.55. The van der Waals surface area contributed by atoms with Gasteiger partial charge in [0.15, 0.2) is 5.13 Å². The highest BCUT2D eigenvalue weighted by atomic mass is 32.1. The number of nitrogens with zero attached hydrogens (tertiary/aromatic N) is 5. The van der Waals surface area contributed by atoms with Crippen molar-refractivity contribution in [1.29, 1.82) is 0 Å². The van der Waals surface area contributed by atoms with Gasteiger partial charge in [-0.3, -0.25) is 15.2 Å². The molecule has 0 saturated carbocycles. The molecule has 124 valence electrons. The third kappa shape index (κ3) is 3.02. The van der Waals surface area contributed by atoms with Gasteiger partial charge >= 0.3 is 0 Å². The van der Waals surface area contributed by atoms with Crippen molar-refractivity contribution in [2.24, 2.45) is 0 Å². The van der Waals surface area contributed by atoms with Crippen LogP contribution in [0.3, 0.4) is 0 Å². The molecule has 0 fully saturated rings. The summed E-state index contributed by atoms with van der Waals surface area (Å²) in [6.45, 7) is 1.93. The van der Waals surface area contributed by atoms with E-state index in [0.29, 0.717) is 16.0 Å². The molecule has 4 aromatic rings. The topological polar surface area (TPSA) is 121 Å². The van der Waals surface area contributed by atoms with Crippen LogP contribution < -0.4 is 10.6 Å². The second kappa shape index (κ2) is 6.24. The second-order valence-electron chi connectivity index (χ2n) is 5.16. The molecule has 3 heterocycles. The van der Waals surface area contributed by atoms with Gasteiger partial charge in [-0.25, -0.2) is 19.9 Å². The molecule has 0 atom stereocenters. The molecular formula is C15H12N8OS. The van der Waals surface area contributed by atoms with E-state index in [0.717, 1.165) is 22.2 Å². The number of benzene rings is 1. The van der Waals surface area contributed by atoms with E-state index in [9.17, 15) is 4.79 Å². The molecule has 0 spiro atoms. The van der Waals surface area contributed by atoms with Crippen LogP contribution in [0.2, 0.25) is 0 Å². The number of nitrogens with one attached hydrogen (secondary N) is 3. The zero-order chi connectivity index (χ0) is 17.2. The highest BCUT2D eigenvalue weighted by Gasteiger charge is 2.15. The number of thiazole rings is 1. The number of H-pyrrole nitrogens is 1. The summed E-state index contributed by atoms with van der Waals surface area (Å²) in [5, 5.41) is 14.2. The third-order valence-electron chi connectivity index (χ3n) is 3.51. The van der Waals surface area contributed by atoms with E-state index in [1.807, 2.05) is 19.1 Å². The fourth-order valence-electron chi connectivity index (χ4n) is 2.30. The van der Waals surface area contributed by atoms with Crippen molar-refractivity contribution >= 4 is 44.9 Å². The van der Waals surface area contributed by atoms with Crippen LogP contribution in [0.4, 0.5) is 16.8 Å². The quantitative estimate of drug-likeness (QED) is 0.516. The molecule has 25 heavy (non-hydrogen) atoms. The van der Waals surface area contributed by atoms with Crippen molar-refractivity contribution in [2.45, 2.75) is 6.92 Å².